The Hall–Kier alpha value is -1.40. The third kappa shape index (κ3) is 5.85. The van der Waals surface area contributed by atoms with E-state index in [2.05, 4.69) is 5.32 Å². The van der Waals surface area contributed by atoms with Crippen molar-refractivity contribution in [1.29, 1.82) is 0 Å². The van der Waals surface area contributed by atoms with Gasteiger partial charge in [0.25, 0.3) is 0 Å². The monoisotopic (exact) mass is 285 g/mol. The van der Waals surface area contributed by atoms with E-state index < -0.39 is 15.4 Å². The summed E-state index contributed by atoms with van der Waals surface area (Å²) in [5, 5.41) is 11.9. The van der Waals surface area contributed by atoms with Crippen LogP contribution in [0.3, 0.4) is 0 Å². The standard InChI is InChI=1S/C13H19NO4S/c1-13(2,16)10-14-12(15)8-9-19(17,18)11-6-4-3-5-7-11/h3-7,16H,8-10H2,1-2H3,(H,14,15). The molecule has 0 unspecified atom stereocenters. The van der Waals surface area contributed by atoms with Crippen LogP contribution in [-0.4, -0.2) is 37.3 Å². The molecule has 5 nitrogen and oxygen atoms in total. The topological polar surface area (TPSA) is 83.5 Å². The van der Waals surface area contributed by atoms with Crippen LogP contribution in [0.25, 0.3) is 0 Å². The Labute approximate surface area is 113 Å². The smallest absolute Gasteiger partial charge is 0.221 e. The highest BCUT2D eigenvalue weighted by Crippen LogP contribution is 2.11. The molecule has 0 bridgehead atoms. The van der Waals surface area contributed by atoms with Gasteiger partial charge in [-0.3, -0.25) is 4.79 Å². The Bertz CT molecular complexity index is 517. The van der Waals surface area contributed by atoms with Crippen molar-refractivity contribution >= 4 is 15.7 Å². The summed E-state index contributed by atoms with van der Waals surface area (Å²) in [6, 6.07) is 8.02. The van der Waals surface area contributed by atoms with Gasteiger partial charge in [-0.05, 0) is 26.0 Å². The number of hydrogen-bond donors (Lipinski definition) is 2. The first-order chi connectivity index (χ1) is 8.71. The highest BCUT2D eigenvalue weighted by Gasteiger charge is 2.18. The Kier molecular flexibility index (Phi) is 5.08. The molecule has 0 fully saturated rings. The summed E-state index contributed by atoms with van der Waals surface area (Å²) in [5.41, 5.74) is -1.01. The average molecular weight is 285 g/mol. The van der Waals surface area contributed by atoms with Gasteiger partial charge in [-0.15, -0.1) is 0 Å². The van der Waals surface area contributed by atoms with Crippen LogP contribution in [0.4, 0.5) is 0 Å². The zero-order valence-electron chi connectivity index (χ0n) is 11.1. The average Bonchev–Trinajstić information content (AvgIpc) is 2.34. The van der Waals surface area contributed by atoms with Gasteiger partial charge in [-0.2, -0.15) is 0 Å². The highest BCUT2D eigenvalue weighted by molar-refractivity contribution is 7.91. The van der Waals surface area contributed by atoms with Crippen LogP contribution in [-0.2, 0) is 14.6 Å². The third-order valence-corrected chi connectivity index (χ3v) is 4.15. The van der Waals surface area contributed by atoms with E-state index in [4.69, 9.17) is 0 Å². The van der Waals surface area contributed by atoms with Gasteiger partial charge in [-0.25, -0.2) is 8.42 Å². The maximum atomic E-state index is 11.9. The fourth-order valence-corrected chi connectivity index (χ4v) is 2.64. The Morgan fingerprint density at radius 3 is 2.37 bits per heavy atom. The van der Waals surface area contributed by atoms with Gasteiger partial charge in [-0.1, -0.05) is 18.2 Å². The molecule has 0 aliphatic carbocycles. The van der Waals surface area contributed by atoms with E-state index in [1.165, 1.54) is 12.1 Å². The number of aliphatic hydroxyl groups is 1. The SMILES string of the molecule is CC(C)(O)CNC(=O)CCS(=O)(=O)c1ccccc1. The summed E-state index contributed by atoms with van der Waals surface area (Å²) in [7, 11) is -3.43. The molecule has 2 N–H and O–H groups in total. The van der Waals surface area contributed by atoms with Crippen molar-refractivity contribution in [3.05, 3.63) is 30.3 Å². The van der Waals surface area contributed by atoms with Crippen molar-refractivity contribution in [1.82, 2.24) is 5.32 Å². The van der Waals surface area contributed by atoms with Gasteiger partial charge in [0.15, 0.2) is 9.84 Å². The fraction of sp³-hybridized carbons (Fsp3) is 0.462. The fourth-order valence-electron chi connectivity index (χ4n) is 1.38. The third-order valence-electron chi connectivity index (χ3n) is 2.42. The molecule has 1 amide bonds. The second-order valence-corrected chi connectivity index (χ2v) is 7.08. The summed E-state index contributed by atoms with van der Waals surface area (Å²) in [6.45, 7) is 3.22. The maximum Gasteiger partial charge on any atom is 0.221 e. The van der Waals surface area contributed by atoms with Crippen molar-refractivity contribution in [3.8, 4) is 0 Å². The minimum atomic E-state index is -3.43. The van der Waals surface area contributed by atoms with Crippen LogP contribution >= 0.6 is 0 Å². The Morgan fingerprint density at radius 1 is 1.26 bits per heavy atom. The van der Waals surface area contributed by atoms with Crippen LogP contribution in [0.5, 0.6) is 0 Å². The molecule has 0 aromatic heterocycles. The molecule has 106 valence electrons. The van der Waals surface area contributed by atoms with Gasteiger partial charge in [0.05, 0.1) is 16.2 Å². The molecule has 6 heteroatoms. The number of hydrogen-bond acceptors (Lipinski definition) is 4. The number of rotatable bonds is 6. The van der Waals surface area contributed by atoms with Gasteiger partial charge in [0, 0.05) is 13.0 Å². The van der Waals surface area contributed by atoms with Crippen LogP contribution in [0.2, 0.25) is 0 Å². The number of carbonyl (C=O) groups excluding carboxylic acids is 1. The van der Waals surface area contributed by atoms with Crippen molar-refractivity contribution in [2.75, 3.05) is 12.3 Å². The van der Waals surface area contributed by atoms with E-state index in [9.17, 15) is 18.3 Å². The molecule has 0 saturated heterocycles. The molecule has 0 radical (unpaired) electrons. The van der Waals surface area contributed by atoms with Crippen molar-refractivity contribution in [2.45, 2.75) is 30.8 Å². The number of sulfone groups is 1. The first kappa shape index (κ1) is 15.7. The summed E-state index contributed by atoms with van der Waals surface area (Å²) in [6.07, 6.45) is -0.118. The van der Waals surface area contributed by atoms with E-state index in [1.807, 2.05) is 0 Å². The Balaban J connectivity index is 2.51. The molecule has 0 aliphatic heterocycles. The minimum Gasteiger partial charge on any atom is -0.389 e. The van der Waals surface area contributed by atoms with Crippen LogP contribution in [0, 0.1) is 0 Å². The quantitative estimate of drug-likeness (QED) is 0.807. The molecule has 0 spiro atoms. The molecule has 0 saturated carbocycles. The second-order valence-electron chi connectivity index (χ2n) is 4.97. The molecule has 0 heterocycles. The minimum absolute atomic E-state index is 0.0945. The van der Waals surface area contributed by atoms with Crippen LogP contribution < -0.4 is 5.32 Å². The predicted molar refractivity (Wildman–Crippen MR) is 72.4 cm³/mol. The molecular formula is C13H19NO4S. The zero-order chi connectivity index (χ0) is 14.5. The summed E-state index contributed by atoms with van der Waals surface area (Å²) >= 11 is 0. The molecular weight excluding hydrogens is 266 g/mol. The first-order valence-electron chi connectivity index (χ1n) is 5.98. The zero-order valence-corrected chi connectivity index (χ0v) is 11.9. The number of nitrogens with one attached hydrogen (secondary N) is 1. The number of carbonyl (C=O) groups is 1. The molecule has 1 rings (SSSR count). The molecule has 1 aromatic carbocycles. The molecule has 0 atom stereocenters. The summed E-state index contributed by atoms with van der Waals surface area (Å²) < 4.78 is 23.8. The van der Waals surface area contributed by atoms with E-state index in [-0.39, 0.29) is 29.5 Å². The van der Waals surface area contributed by atoms with Crippen LogP contribution in [0.15, 0.2) is 35.2 Å². The van der Waals surface area contributed by atoms with E-state index >= 15 is 0 Å². The molecule has 0 aliphatic rings. The molecule has 1 aromatic rings. The predicted octanol–water partition coefficient (Wildman–Crippen LogP) is 0.737. The normalized spacial score (nSPS) is 12.2. The largest absolute Gasteiger partial charge is 0.389 e. The summed E-state index contributed by atoms with van der Waals surface area (Å²) in [5.74, 6) is -0.629. The van der Waals surface area contributed by atoms with Crippen LogP contribution in [0.1, 0.15) is 20.3 Å². The highest BCUT2D eigenvalue weighted by atomic mass is 32.2. The van der Waals surface area contributed by atoms with Crippen molar-refractivity contribution < 1.29 is 18.3 Å². The van der Waals surface area contributed by atoms with Crippen molar-refractivity contribution in [2.24, 2.45) is 0 Å². The number of benzene rings is 1. The van der Waals surface area contributed by atoms with Gasteiger partial charge >= 0.3 is 0 Å². The summed E-state index contributed by atoms with van der Waals surface area (Å²) in [4.78, 5) is 11.7. The lowest BCUT2D eigenvalue weighted by Gasteiger charge is -2.17. The molecule has 19 heavy (non-hydrogen) atoms. The van der Waals surface area contributed by atoms with Crippen molar-refractivity contribution in [3.63, 3.8) is 0 Å². The Morgan fingerprint density at radius 2 is 1.84 bits per heavy atom. The van der Waals surface area contributed by atoms with E-state index in [1.54, 1.807) is 32.0 Å². The van der Waals surface area contributed by atoms with Gasteiger partial charge in [0.1, 0.15) is 0 Å². The lowest BCUT2D eigenvalue weighted by Crippen LogP contribution is -2.38. The first-order valence-corrected chi connectivity index (χ1v) is 7.63. The lowest BCUT2D eigenvalue weighted by molar-refractivity contribution is -0.121. The van der Waals surface area contributed by atoms with E-state index in [0.29, 0.717) is 0 Å². The lowest BCUT2D eigenvalue weighted by atomic mass is 10.1. The second kappa shape index (κ2) is 6.16. The van der Waals surface area contributed by atoms with Gasteiger partial charge < -0.3 is 10.4 Å². The van der Waals surface area contributed by atoms with Gasteiger partial charge in [0.2, 0.25) is 5.91 Å². The van der Waals surface area contributed by atoms with E-state index in [0.717, 1.165) is 0 Å². The number of amides is 1. The maximum absolute atomic E-state index is 11.9.